The molecule has 0 aromatic carbocycles. The van der Waals surface area contributed by atoms with E-state index in [9.17, 15) is 4.79 Å². The van der Waals surface area contributed by atoms with E-state index in [0.29, 0.717) is 0 Å². The Balaban J connectivity index is 2.39. The molecule has 0 unspecified atom stereocenters. The third-order valence-corrected chi connectivity index (χ3v) is 2.63. The normalized spacial score (nSPS) is 10.4. The van der Waals surface area contributed by atoms with Crippen molar-refractivity contribution < 1.29 is 0 Å². The van der Waals surface area contributed by atoms with Gasteiger partial charge in [-0.1, -0.05) is 32.6 Å². The summed E-state index contributed by atoms with van der Waals surface area (Å²) in [6.45, 7) is 2.93. The molecule has 0 aliphatic heterocycles. The summed E-state index contributed by atoms with van der Waals surface area (Å²) >= 11 is 0. The maximum absolute atomic E-state index is 11.6. The molecule has 4 heteroatoms. The van der Waals surface area contributed by atoms with Gasteiger partial charge in [0.2, 0.25) is 0 Å². The summed E-state index contributed by atoms with van der Waals surface area (Å²) in [7, 11) is 1.78. The van der Waals surface area contributed by atoms with E-state index in [1.807, 2.05) is 0 Å². The number of hydrogen-bond acceptors (Lipinski definition) is 3. The molecule has 90 valence electrons. The predicted molar refractivity (Wildman–Crippen MR) is 66.8 cm³/mol. The Morgan fingerprint density at radius 1 is 1.31 bits per heavy atom. The molecule has 0 aliphatic rings. The largest absolute Gasteiger partial charge is 0.387 e. The highest BCUT2D eigenvalue weighted by Gasteiger charge is 1.98. The molecular weight excluding hydrogens is 202 g/mol. The topological polar surface area (TPSA) is 46.9 Å². The van der Waals surface area contributed by atoms with E-state index in [0.717, 1.165) is 18.7 Å². The zero-order valence-corrected chi connectivity index (χ0v) is 10.2. The van der Waals surface area contributed by atoms with Crippen molar-refractivity contribution >= 4 is 5.69 Å². The van der Waals surface area contributed by atoms with Crippen molar-refractivity contribution in [2.24, 2.45) is 0 Å². The molecule has 0 spiro atoms. The molecule has 1 aromatic heterocycles. The van der Waals surface area contributed by atoms with Crippen LogP contribution in [-0.4, -0.2) is 16.8 Å². The number of aryl methyl sites for hydroxylation is 1. The summed E-state index contributed by atoms with van der Waals surface area (Å²) in [5, 5.41) is 7.01. The number of hydrogen-bond donors (Lipinski definition) is 1. The highest BCUT2D eigenvalue weighted by Crippen LogP contribution is 2.03. The minimum atomic E-state index is -0.0256. The molecule has 1 N–H and O–H groups in total. The summed E-state index contributed by atoms with van der Waals surface area (Å²) < 4.78 is 1.53. The molecule has 0 bridgehead atoms. The maximum atomic E-state index is 11.6. The standard InChI is InChI=1S/C12H21N3O/c1-3-4-5-6-7-8-15-12(16)9-11(13-2)10-14-15/h9-10,13H,3-8H2,1-2H3. The average molecular weight is 223 g/mol. The first-order valence-corrected chi connectivity index (χ1v) is 6.03. The van der Waals surface area contributed by atoms with E-state index in [-0.39, 0.29) is 5.56 Å². The lowest BCUT2D eigenvalue weighted by Crippen LogP contribution is -2.22. The van der Waals surface area contributed by atoms with Gasteiger partial charge in [-0.15, -0.1) is 0 Å². The van der Waals surface area contributed by atoms with E-state index in [1.54, 1.807) is 19.3 Å². The molecule has 16 heavy (non-hydrogen) atoms. The van der Waals surface area contributed by atoms with Crippen LogP contribution in [-0.2, 0) is 6.54 Å². The quantitative estimate of drug-likeness (QED) is 0.721. The molecule has 0 fully saturated rings. The Labute approximate surface area is 96.7 Å². The molecule has 0 aliphatic carbocycles. The van der Waals surface area contributed by atoms with Gasteiger partial charge in [0.25, 0.3) is 5.56 Å². The number of anilines is 1. The fraction of sp³-hybridized carbons (Fsp3) is 0.667. The predicted octanol–water partition coefficient (Wildman–Crippen LogP) is 2.26. The lowest BCUT2D eigenvalue weighted by molar-refractivity contribution is 0.513. The van der Waals surface area contributed by atoms with Gasteiger partial charge >= 0.3 is 0 Å². The minimum Gasteiger partial charge on any atom is -0.387 e. The number of rotatable bonds is 7. The van der Waals surface area contributed by atoms with Crippen molar-refractivity contribution in [1.82, 2.24) is 9.78 Å². The van der Waals surface area contributed by atoms with Crippen LogP contribution in [0.3, 0.4) is 0 Å². The third-order valence-electron chi connectivity index (χ3n) is 2.63. The summed E-state index contributed by atoms with van der Waals surface area (Å²) in [6, 6.07) is 1.58. The molecule has 4 nitrogen and oxygen atoms in total. The first-order chi connectivity index (χ1) is 7.77. The zero-order chi connectivity index (χ0) is 11.8. The Hall–Kier alpha value is -1.32. The molecule has 0 saturated carbocycles. The van der Waals surface area contributed by atoms with Gasteiger partial charge in [0, 0.05) is 19.7 Å². The second-order valence-corrected chi connectivity index (χ2v) is 3.97. The second-order valence-electron chi connectivity index (χ2n) is 3.97. The molecule has 1 aromatic rings. The number of nitrogens with zero attached hydrogens (tertiary/aromatic N) is 2. The van der Waals surface area contributed by atoms with Crippen molar-refractivity contribution in [3.63, 3.8) is 0 Å². The summed E-state index contributed by atoms with van der Waals surface area (Å²) in [4.78, 5) is 11.6. The van der Waals surface area contributed by atoms with Crippen molar-refractivity contribution in [1.29, 1.82) is 0 Å². The number of unbranched alkanes of at least 4 members (excludes halogenated alkanes) is 4. The molecule has 1 rings (SSSR count). The van der Waals surface area contributed by atoms with Gasteiger partial charge in [-0.25, -0.2) is 4.68 Å². The van der Waals surface area contributed by atoms with Gasteiger partial charge in [-0.05, 0) is 6.42 Å². The van der Waals surface area contributed by atoms with E-state index in [2.05, 4.69) is 17.3 Å². The van der Waals surface area contributed by atoms with Crippen LogP contribution in [0.1, 0.15) is 39.0 Å². The highest BCUT2D eigenvalue weighted by atomic mass is 16.1. The van der Waals surface area contributed by atoms with Crippen LogP contribution in [0.4, 0.5) is 5.69 Å². The zero-order valence-electron chi connectivity index (χ0n) is 10.2. The minimum absolute atomic E-state index is 0.0256. The molecular formula is C12H21N3O. The van der Waals surface area contributed by atoms with Crippen molar-refractivity contribution in [2.45, 2.75) is 45.6 Å². The van der Waals surface area contributed by atoms with Crippen LogP contribution in [0.5, 0.6) is 0 Å². The lowest BCUT2D eigenvalue weighted by atomic mass is 10.1. The number of aromatic nitrogens is 2. The third kappa shape index (κ3) is 4.04. The lowest BCUT2D eigenvalue weighted by Gasteiger charge is -2.05. The van der Waals surface area contributed by atoms with Gasteiger partial charge in [-0.3, -0.25) is 4.79 Å². The molecule has 0 amide bonds. The summed E-state index contributed by atoms with van der Waals surface area (Å²) in [5.74, 6) is 0. The van der Waals surface area contributed by atoms with E-state index in [4.69, 9.17) is 0 Å². The summed E-state index contributed by atoms with van der Waals surface area (Å²) in [5.41, 5.74) is 0.745. The van der Waals surface area contributed by atoms with Gasteiger partial charge in [-0.2, -0.15) is 5.10 Å². The van der Waals surface area contributed by atoms with Gasteiger partial charge in [0.15, 0.2) is 0 Å². The van der Waals surface area contributed by atoms with Gasteiger partial charge < -0.3 is 5.32 Å². The highest BCUT2D eigenvalue weighted by molar-refractivity contribution is 5.37. The van der Waals surface area contributed by atoms with Crippen LogP contribution in [0.15, 0.2) is 17.1 Å². The van der Waals surface area contributed by atoms with Crippen molar-refractivity contribution in [3.8, 4) is 0 Å². The Kier molecular flexibility index (Phi) is 5.61. The maximum Gasteiger partial charge on any atom is 0.268 e. The molecule has 1 heterocycles. The van der Waals surface area contributed by atoms with Crippen LogP contribution >= 0.6 is 0 Å². The Bertz CT molecular complexity index is 360. The SMILES string of the molecule is CCCCCCCn1ncc(NC)cc1=O. The fourth-order valence-corrected chi connectivity index (χ4v) is 1.60. The second kappa shape index (κ2) is 7.04. The summed E-state index contributed by atoms with van der Waals surface area (Å²) in [6.07, 6.45) is 7.67. The Morgan fingerprint density at radius 3 is 2.69 bits per heavy atom. The fourth-order valence-electron chi connectivity index (χ4n) is 1.60. The van der Waals surface area contributed by atoms with Crippen LogP contribution < -0.4 is 10.9 Å². The van der Waals surface area contributed by atoms with Gasteiger partial charge in [0.05, 0.1) is 11.9 Å². The number of nitrogens with one attached hydrogen (secondary N) is 1. The van der Waals surface area contributed by atoms with Crippen LogP contribution in [0.2, 0.25) is 0 Å². The molecule has 0 radical (unpaired) electrons. The molecule has 0 saturated heterocycles. The average Bonchev–Trinajstić information content (AvgIpc) is 2.30. The first-order valence-electron chi connectivity index (χ1n) is 6.03. The van der Waals surface area contributed by atoms with E-state index >= 15 is 0 Å². The smallest absolute Gasteiger partial charge is 0.268 e. The first kappa shape index (κ1) is 12.7. The van der Waals surface area contributed by atoms with Crippen molar-refractivity contribution in [2.75, 3.05) is 12.4 Å². The van der Waals surface area contributed by atoms with Gasteiger partial charge in [0.1, 0.15) is 0 Å². The Morgan fingerprint density at radius 2 is 2.06 bits per heavy atom. The monoisotopic (exact) mass is 223 g/mol. The van der Waals surface area contributed by atoms with Crippen LogP contribution in [0.25, 0.3) is 0 Å². The van der Waals surface area contributed by atoms with E-state index < -0.39 is 0 Å². The molecule has 0 atom stereocenters. The van der Waals surface area contributed by atoms with Crippen molar-refractivity contribution in [3.05, 3.63) is 22.6 Å². The van der Waals surface area contributed by atoms with Crippen LogP contribution in [0, 0.1) is 0 Å². The van der Waals surface area contributed by atoms with E-state index in [1.165, 1.54) is 30.4 Å².